The van der Waals surface area contributed by atoms with Crippen LogP contribution in [0.5, 0.6) is 0 Å². The zero-order valence-corrected chi connectivity index (χ0v) is 16.9. The predicted molar refractivity (Wildman–Crippen MR) is 111 cm³/mol. The Morgan fingerprint density at radius 2 is 1.89 bits per heavy atom. The van der Waals surface area contributed by atoms with Gasteiger partial charge in [-0.1, -0.05) is 49.7 Å². The summed E-state index contributed by atoms with van der Waals surface area (Å²) >= 11 is 6.09. The maximum absolute atomic E-state index is 14.2. The van der Waals surface area contributed by atoms with E-state index in [9.17, 15) is 9.18 Å². The molecule has 3 rings (SSSR count). The number of aromatic nitrogens is 1. The zero-order chi connectivity index (χ0) is 20.1. The largest absolute Gasteiger partial charge is 0.345 e. The Labute approximate surface area is 170 Å². The summed E-state index contributed by atoms with van der Waals surface area (Å²) in [4.78, 5) is 14.7. The van der Waals surface area contributed by atoms with Crippen molar-refractivity contribution in [1.82, 2.24) is 9.47 Å². The van der Waals surface area contributed by atoms with Gasteiger partial charge in [0.05, 0.1) is 12.1 Å². The van der Waals surface area contributed by atoms with Crippen molar-refractivity contribution in [2.24, 2.45) is 5.92 Å². The topological polar surface area (TPSA) is 25.2 Å². The molecule has 0 aliphatic heterocycles. The molecule has 0 atom stereocenters. The van der Waals surface area contributed by atoms with Gasteiger partial charge in [0, 0.05) is 30.0 Å². The smallest absolute Gasteiger partial charge is 0.257 e. The summed E-state index contributed by atoms with van der Waals surface area (Å²) in [5.41, 5.74) is 2.18. The molecule has 3 nitrogen and oxygen atoms in total. The first kappa shape index (κ1) is 20.2. The minimum absolute atomic E-state index is 0.107. The number of nitrogens with zero attached hydrogens (tertiary/aromatic N) is 2. The summed E-state index contributed by atoms with van der Waals surface area (Å²) in [5.74, 6) is -0.509. The quantitative estimate of drug-likeness (QED) is 0.506. The lowest BCUT2D eigenvalue weighted by Crippen LogP contribution is -2.35. The van der Waals surface area contributed by atoms with E-state index >= 15 is 0 Å². The fourth-order valence-corrected chi connectivity index (χ4v) is 3.45. The fraction of sp³-hybridized carbons (Fsp3) is 0.261. The summed E-state index contributed by atoms with van der Waals surface area (Å²) in [7, 11) is 0. The van der Waals surface area contributed by atoms with E-state index < -0.39 is 5.82 Å². The van der Waals surface area contributed by atoms with Crippen molar-refractivity contribution in [3.63, 3.8) is 0 Å². The Kier molecular flexibility index (Phi) is 6.53. The first-order chi connectivity index (χ1) is 13.4. The Hall–Kier alpha value is -2.59. The highest BCUT2D eigenvalue weighted by Crippen LogP contribution is 2.18. The summed E-state index contributed by atoms with van der Waals surface area (Å²) in [6, 6.07) is 17.8. The highest BCUT2D eigenvalue weighted by Gasteiger charge is 2.21. The Balaban J connectivity index is 1.83. The number of benzene rings is 2. The molecule has 0 unspecified atom stereocenters. The molecular formula is C23H24ClFN2O. The van der Waals surface area contributed by atoms with Crippen LogP contribution in [0.2, 0.25) is 5.02 Å². The lowest BCUT2D eigenvalue weighted by Gasteiger charge is -2.25. The van der Waals surface area contributed by atoms with Crippen LogP contribution < -0.4 is 0 Å². The standard InChI is InChI=1S/C23H24ClFN2O/c1-17(2)14-27(23(28)21-10-3-4-11-22(21)25)16-20-9-6-12-26(20)15-18-7-5-8-19(24)13-18/h3-13,17H,14-16H2,1-2H3. The number of carbonyl (C=O) groups is 1. The van der Waals surface area contributed by atoms with E-state index in [0.29, 0.717) is 24.7 Å². The van der Waals surface area contributed by atoms with E-state index in [0.717, 1.165) is 11.3 Å². The second-order valence-electron chi connectivity index (χ2n) is 7.32. The number of rotatable bonds is 7. The van der Waals surface area contributed by atoms with E-state index in [1.165, 1.54) is 12.1 Å². The third-order valence-corrected chi connectivity index (χ3v) is 4.73. The van der Waals surface area contributed by atoms with E-state index in [-0.39, 0.29) is 17.4 Å². The molecule has 1 heterocycles. The van der Waals surface area contributed by atoms with Crippen molar-refractivity contribution in [2.45, 2.75) is 26.9 Å². The SMILES string of the molecule is CC(C)CN(Cc1cccn1Cc1cccc(Cl)c1)C(=O)c1ccccc1F. The Morgan fingerprint density at radius 1 is 1.11 bits per heavy atom. The van der Waals surface area contributed by atoms with E-state index in [1.807, 2.05) is 56.4 Å². The molecular weight excluding hydrogens is 375 g/mol. The van der Waals surface area contributed by atoms with E-state index in [1.54, 1.807) is 17.0 Å². The number of hydrogen-bond acceptors (Lipinski definition) is 1. The van der Waals surface area contributed by atoms with E-state index in [2.05, 4.69) is 4.57 Å². The zero-order valence-electron chi connectivity index (χ0n) is 16.1. The van der Waals surface area contributed by atoms with Crippen molar-refractivity contribution in [3.05, 3.63) is 94.5 Å². The minimum Gasteiger partial charge on any atom is -0.345 e. The molecule has 5 heteroatoms. The van der Waals surface area contributed by atoms with Crippen LogP contribution in [-0.4, -0.2) is 21.9 Å². The molecule has 0 saturated heterocycles. The van der Waals surface area contributed by atoms with Crippen molar-refractivity contribution in [1.29, 1.82) is 0 Å². The van der Waals surface area contributed by atoms with Crippen molar-refractivity contribution in [2.75, 3.05) is 6.54 Å². The van der Waals surface area contributed by atoms with E-state index in [4.69, 9.17) is 11.6 Å². The van der Waals surface area contributed by atoms with Crippen LogP contribution in [0.1, 0.15) is 35.5 Å². The van der Waals surface area contributed by atoms with Gasteiger partial charge in [0.25, 0.3) is 5.91 Å². The van der Waals surface area contributed by atoms with Gasteiger partial charge in [-0.3, -0.25) is 4.79 Å². The molecule has 28 heavy (non-hydrogen) atoms. The van der Waals surface area contributed by atoms with Gasteiger partial charge < -0.3 is 9.47 Å². The summed E-state index contributed by atoms with van der Waals surface area (Å²) in [6.07, 6.45) is 1.98. The molecule has 0 aliphatic rings. The average molecular weight is 399 g/mol. The van der Waals surface area contributed by atoms with Crippen LogP contribution in [0, 0.1) is 11.7 Å². The van der Waals surface area contributed by atoms with Gasteiger partial charge in [0.2, 0.25) is 0 Å². The van der Waals surface area contributed by atoms with Crippen molar-refractivity contribution < 1.29 is 9.18 Å². The molecule has 0 fully saturated rings. The van der Waals surface area contributed by atoms with Crippen molar-refractivity contribution >= 4 is 17.5 Å². The highest BCUT2D eigenvalue weighted by molar-refractivity contribution is 6.30. The van der Waals surface area contributed by atoms with Crippen LogP contribution in [-0.2, 0) is 13.1 Å². The Morgan fingerprint density at radius 3 is 2.61 bits per heavy atom. The second-order valence-corrected chi connectivity index (χ2v) is 7.75. The van der Waals surface area contributed by atoms with Gasteiger partial charge >= 0.3 is 0 Å². The molecule has 0 spiro atoms. The molecule has 0 N–H and O–H groups in total. The molecule has 0 bridgehead atoms. The maximum atomic E-state index is 14.2. The summed E-state index contributed by atoms with van der Waals surface area (Å²) in [6.45, 7) is 5.72. The fourth-order valence-electron chi connectivity index (χ4n) is 3.24. The van der Waals surface area contributed by atoms with Gasteiger partial charge in [-0.05, 0) is 47.9 Å². The molecule has 0 saturated carbocycles. The molecule has 1 aromatic heterocycles. The average Bonchev–Trinajstić information content (AvgIpc) is 3.07. The first-order valence-corrected chi connectivity index (χ1v) is 9.74. The second kappa shape index (κ2) is 9.07. The number of carbonyl (C=O) groups excluding carboxylic acids is 1. The monoisotopic (exact) mass is 398 g/mol. The predicted octanol–water partition coefficient (Wildman–Crippen LogP) is 5.63. The van der Waals surface area contributed by atoms with Crippen LogP contribution in [0.4, 0.5) is 4.39 Å². The van der Waals surface area contributed by atoms with Gasteiger partial charge in [-0.25, -0.2) is 4.39 Å². The third-order valence-electron chi connectivity index (χ3n) is 4.50. The van der Waals surface area contributed by atoms with Crippen LogP contribution in [0.25, 0.3) is 0 Å². The van der Waals surface area contributed by atoms with Crippen LogP contribution >= 0.6 is 11.6 Å². The summed E-state index contributed by atoms with van der Waals surface area (Å²) in [5, 5.41) is 0.697. The summed E-state index contributed by atoms with van der Waals surface area (Å²) < 4.78 is 16.2. The Bertz CT molecular complexity index is 951. The van der Waals surface area contributed by atoms with Gasteiger partial charge in [0.15, 0.2) is 0 Å². The van der Waals surface area contributed by atoms with Gasteiger partial charge in [0.1, 0.15) is 5.82 Å². The van der Waals surface area contributed by atoms with Gasteiger partial charge in [-0.15, -0.1) is 0 Å². The third kappa shape index (κ3) is 5.02. The first-order valence-electron chi connectivity index (χ1n) is 9.36. The molecule has 1 amide bonds. The molecule has 0 aliphatic carbocycles. The lowest BCUT2D eigenvalue weighted by atomic mass is 10.1. The normalized spacial score (nSPS) is 11.0. The van der Waals surface area contributed by atoms with Crippen LogP contribution in [0.15, 0.2) is 66.9 Å². The molecule has 2 aromatic carbocycles. The number of hydrogen-bond donors (Lipinski definition) is 0. The highest BCUT2D eigenvalue weighted by atomic mass is 35.5. The van der Waals surface area contributed by atoms with Crippen LogP contribution in [0.3, 0.4) is 0 Å². The van der Waals surface area contributed by atoms with Gasteiger partial charge in [-0.2, -0.15) is 0 Å². The number of amides is 1. The van der Waals surface area contributed by atoms with Crippen molar-refractivity contribution in [3.8, 4) is 0 Å². The number of halogens is 2. The minimum atomic E-state index is -0.490. The maximum Gasteiger partial charge on any atom is 0.257 e. The molecule has 3 aromatic rings. The molecule has 146 valence electrons. The molecule has 0 radical (unpaired) electrons. The lowest BCUT2D eigenvalue weighted by molar-refractivity contribution is 0.0714.